The number of rotatable bonds is 7. The summed E-state index contributed by atoms with van der Waals surface area (Å²) in [7, 11) is 3.18. The molecule has 0 radical (unpaired) electrons. The number of para-hydroxylation sites is 2. The molecule has 0 aliphatic carbocycles. The number of fused-ring (bicyclic) bond motifs is 1. The average Bonchev–Trinajstić information content (AvgIpc) is 2.97. The number of hydrogen-bond acceptors (Lipinski definition) is 6. The fourth-order valence-corrected chi connectivity index (χ4v) is 5.10. The lowest BCUT2D eigenvalue weighted by Gasteiger charge is -2.34. The molecule has 40 heavy (non-hydrogen) atoms. The van der Waals surface area contributed by atoms with Crippen molar-refractivity contribution >= 4 is 35.1 Å². The smallest absolute Gasteiger partial charge is 0.263 e. The van der Waals surface area contributed by atoms with E-state index >= 15 is 0 Å². The molecule has 4 aromatic rings. The van der Waals surface area contributed by atoms with Crippen LogP contribution < -0.4 is 20.3 Å². The first-order valence-electron chi connectivity index (χ1n) is 12.7. The summed E-state index contributed by atoms with van der Waals surface area (Å²) in [5.74, 6) is 1.43. The van der Waals surface area contributed by atoms with Crippen molar-refractivity contribution in [2.45, 2.75) is 32.5 Å². The highest BCUT2D eigenvalue weighted by Gasteiger charge is 2.32. The Kier molecular flexibility index (Phi) is 8.00. The van der Waals surface area contributed by atoms with Gasteiger partial charge in [-0.25, -0.2) is 9.55 Å². The van der Waals surface area contributed by atoms with Gasteiger partial charge in [-0.1, -0.05) is 47.5 Å². The number of amides is 1. The van der Waals surface area contributed by atoms with Crippen molar-refractivity contribution in [3.63, 3.8) is 0 Å². The lowest BCUT2D eigenvalue weighted by molar-refractivity contribution is 0.0653. The molecule has 1 aliphatic heterocycles. The van der Waals surface area contributed by atoms with Crippen molar-refractivity contribution in [1.82, 2.24) is 14.5 Å². The Bertz CT molecular complexity index is 1620. The molecular weight excluding hydrogens is 551 g/mol. The second-order valence-corrected chi connectivity index (χ2v) is 10.3. The summed E-state index contributed by atoms with van der Waals surface area (Å²) in [6.07, 6.45) is 0.349. The first kappa shape index (κ1) is 27.6. The average molecular weight is 579 g/mol. The standard InChI is InChI=1S/C30H28Cl2N4O4/c1-18-14-22-25(17-35(18)28(37)20-10-13-23(31)24(32)15-20)34-30(33-16-19-8-11-21(39-2)12-9-19)36(29(22)38)26-6-4-5-7-27(26)40-3/h4-13,15,18H,14,16-17H2,1-3H3,(H,33,34)/t18-/m1/s1. The molecule has 206 valence electrons. The van der Waals surface area contributed by atoms with Gasteiger partial charge in [0.1, 0.15) is 11.5 Å². The zero-order valence-corrected chi connectivity index (χ0v) is 23.8. The predicted molar refractivity (Wildman–Crippen MR) is 156 cm³/mol. The molecule has 1 N–H and O–H groups in total. The van der Waals surface area contributed by atoms with Crippen LogP contribution in [0.15, 0.2) is 71.5 Å². The molecule has 0 unspecified atom stereocenters. The SMILES string of the molecule is COc1ccc(CNc2nc3c(c(=O)n2-c2ccccc2OC)C[C@@H](C)N(C(=O)c2ccc(Cl)c(Cl)c2)C3)cc1. The first-order chi connectivity index (χ1) is 19.3. The summed E-state index contributed by atoms with van der Waals surface area (Å²) in [4.78, 5) is 34.1. The number of anilines is 1. The highest BCUT2D eigenvalue weighted by molar-refractivity contribution is 6.42. The number of methoxy groups -OCH3 is 2. The van der Waals surface area contributed by atoms with Crippen LogP contribution in [-0.2, 0) is 19.5 Å². The number of benzene rings is 3. The van der Waals surface area contributed by atoms with Gasteiger partial charge in [-0.15, -0.1) is 0 Å². The van der Waals surface area contributed by atoms with Crippen LogP contribution in [0.3, 0.4) is 0 Å². The Morgan fingerprint density at radius 1 is 1.02 bits per heavy atom. The topological polar surface area (TPSA) is 85.7 Å². The molecule has 0 saturated carbocycles. The van der Waals surface area contributed by atoms with Gasteiger partial charge in [-0.2, -0.15) is 0 Å². The van der Waals surface area contributed by atoms with E-state index in [1.807, 2.05) is 49.4 Å². The molecule has 0 saturated heterocycles. The van der Waals surface area contributed by atoms with E-state index in [2.05, 4.69) is 5.32 Å². The molecule has 0 fully saturated rings. The zero-order chi connectivity index (χ0) is 28.4. The van der Waals surface area contributed by atoms with Gasteiger partial charge in [0, 0.05) is 23.7 Å². The van der Waals surface area contributed by atoms with Crippen LogP contribution in [0.5, 0.6) is 11.5 Å². The Morgan fingerprint density at radius 3 is 2.48 bits per heavy atom. The summed E-state index contributed by atoms with van der Waals surface area (Å²) < 4.78 is 12.4. The molecule has 1 atom stereocenters. The zero-order valence-electron chi connectivity index (χ0n) is 22.3. The van der Waals surface area contributed by atoms with Gasteiger partial charge in [-0.3, -0.25) is 9.59 Å². The molecule has 2 heterocycles. The monoisotopic (exact) mass is 578 g/mol. The van der Waals surface area contributed by atoms with E-state index in [9.17, 15) is 9.59 Å². The van der Waals surface area contributed by atoms with E-state index in [1.165, 1.54) is 0 Å². The number of nitrogens with one attached hydrogen (secondary N) is 1. The third kappa shape index (κ3) is 5.37. The minimum Gasteiger partial charge on any atom is -0.497 e. The lowest BCUT2D eigenvalue weighted by Crippen LogP contribution is -2.46. The molecule has 1 amide bonds. The molecule has 1 aliphatic rings. The summed E-state index contributed by atoms with van der Waals surface area (Å²) in [5, 5.41) is 4.01. The summed E-state index contributed by atoms with van der Waals surface area (Å²) >= 11 is 12.2. The van der Waals surface area contributed by atoms with Crippen LogP contribution >= 0.6 is 23.2 Å². The Labute approximate surface area is 242 Å². The summed E-state index contributed by atoms with van der Waals surface area (Å²) in [6, 6.07) is 19.5. The molecular formula is C30H28Cl2N4O4. The Morgan fingerprint density at radius 2 is 1.77 bits per heavy atom. The van der Waals surface area contributed by atoms with Gasteiger partial charge >= 0.3 is 0 Å². The highest BCUT2D eigenvalue weighted by Crippen LogP contribution is 2.29. The van der Waals surface area contributed by atoms with E-state index in [4.69, 9.17) is 37.7 Å². The van der Waals surface area contributed by atoms with Gasteiger partial charge in [-0.05, 0) is 61.4 Å². The summed E-state index contributed by atoms with van der Waals surface area (Å²) in [5.41, 5.74) is 2.87. The van der Waals surface area contributed by atoms with E-state index in [0.29, 0.717) is 57.2 Å². The normalized spacial score (nSPS) is 14.4. The van der Waals surface area contributed by atoms with Gasteiger partial charge in [0.15, 0.2) is 0 Å². The first-order valence-corrected chi connectivity index (χ1v) is 13.5. The van der Waals surface area contributed by atoms with Crippen LogP contribution in [0, 0.1) is 0 Å². The van der Waals surface area contributed by atoms with Crippen molar-refractivity contribution in [1.29, 1.82) is 0 Å². The van der Waals surface area contributed by atoms with E-state index in [-0.39, 0.29) is 24.1 Å². The Hall–Kier alpha value is -4.01. The minimum atomic E-state index is -0.242. The molecule has 10 heteroatoms. The van der Waals surface area contributed by atoms with Crippen molar-refractivity contribution in [3.8, 4) is 17.2 Å². The molecule has 5 rings (SSSR count). The number of aromatic nitrogens is 2. The predicted octanol–water partition coefficient (Wildman–Crippen LogP) is 5.76. The van der Waals surface area contributed by atoms with Crippen molar-refractivity contribution in [2.75, 3.05) is 19.5 Å². The number of ether oxygens (including phenoxy) is 2. The Balaban J connectivity index is 1.55. The number of halogens is 2. The van der Waals surface area contributed by atoms with Gasteiger partial charge < -0.3 is 19.7 Å². The third-order valence-electron chi connectivity index (χ3n) is 6.98. The number of hydrogen-bond donors (Lipinski definition) is 1. The third-order valence-corrected chi connectivity index (χ3v) is 7.72. The lowest BCUT2D eigenvalue weighted by atomic mass is 9.98. The maximum Gasteiger partial charge on any atom is 0.263 e. The van der Waals surface area contributed by atoms with Crippen LogP contribution in [0.1, 0.15) is 34.1 Å². The number of carbonyl (C=O) groups excluding carboxylic acids is 1. The number of carbonyl (C=O) groups is 1. The fourth-order valence-electron chi connectivity index (χ4n) is 4.81. The van der Waals surface area contributed by atoms with E-state index < -0.39 is 0 Å². The summed E-state index contributed by atoms with van der Waals surface area (Å²) in [6.45, 7) is 2.50. The van der Waals surface area contributed by atoms with Gasteiger partial charge in [0.05, 0.1) is 42.2 Å². The molecule has 1 aromatic heterocycles. The molecule has 0 bridgehead atoms. The maximum atomic E-state index is 14.0. The van der Waals surface area contributed by atoms with E-state index in [0.717, 1.165) is 11.3 Å². The highest BCUT2D eigenvalue weighted by atomic mass is 35.5. The van der Waals surface area contributed by atoms with Crippen LogP contribution in [-0.4, -0.2) is 40.6 Å². The minimum absolute atomic E-state index is 0.175. The number of nitrogens with zero attached hydrogens (tertiary/aromatic N) is 3. The largest absolute Gasteiger partial charge is 0.497 e. The molecule has 0 spiro atoms. The molecule has 3 aromatic carbocycles. The van der Waals surface area contributed by atoms with Crippen molar-refractivity contribution in [2.24, 2.45) is 0 Å². The van der Waals surface area contributed by atoms with Crippen LogP contribution in [0.2, 0.25) is 10.0 Å². The van der Waals surface area contributed by atoms with Crippen LogP contribution in [0.25, 0.3) is 5.69 Å². The second kappa shape index (κ2) is 11.6. The maximum absolute atomic E-state index is 14.0. The van der Waals surface area contributed by atoms with Crippen molar-refractivity contribution < 1.29 is 14.3 Å². The molecule has 8 nitrogen and oxygen atoms in total. The van der Waals surface area contributed by atoms with Gasteiger partial charge in [0.25, 0.3) is 11.5 Å². The quantitative estimate of drug-likeness (QED) is 0.300. The van der Waals surface area contributed by atoms with E-state index in [1.54, 1.807) is 48.0 Å². The second-order valence-electron chi connectivity index (χ2n) is 9.49. The fraction of sp³-hybridized carbons (Fsp3) is 0.233. The van der Waals surface area contributed by atoms with Gasteiger partial charge in [0.2, 0.25) is 5.95 Å². The van der Waals surface area contributed by atoms with Crippen LogP contribution in [0.4, 0.5) is 5.95 Å². The van der Waals surface area contributed by atoms with Crippen molar-refractivity contribution in [3.05, 3.63) is 110 Å².